The minimum Gasteiger partial charge on any atom is -0.497 e. The monoisotopic (exact) mass is 283 g/mol. The standard InChI is InChI=1S/C18H21NO2/c1-20-15-7-4-6-14(12-15)19-18-8-3-5-13-11-16(21-2)9-10-17(13)18/h4,6-7,9-12,18-19H,3,5,8H2,1-2H3. The molecular formula is C18H21NO2. The molecule has 0 amide bonds. The van der Waals surface area contributed by atoms with Crippen LogP contribution in [0.3, 0.4) is 0 Å². The number of hydrogen-bond donors (Lipinski definition) is 1. The fourth-order valence-corrected chi connectivity index (χ4v) is 2.98. The van der Waals surface area contributed by atoms with Gasteiger partial charge < -0.3 is 14.8 Å². The third-order valence-corrected chi connectivity index (χ3v) is 4.08. The summed E-state index contributed by atoms with van der Waals surface area (Å²) in [6.07, 6.45) is 3.47. The average molecular weight is 283 g/mol. The Kier molecular flexibility index (Phi) is 4.00. The molecule has 21 heavy (non-hydrogen) atoms. The summed E-state index contributed by atoms with van der Waals surface area (Å²) in [6, 6.07) is 14.8. The molecule has 2 aromatic carbocycles. The summed E-state index contributed by atoms with van der Waals surface area (Å²) in [7, 11) is 3.41. The predicted octanol–water partition coefficient (Wildman–Crippen LogP) is 4.19. The molecule has 1 aliphatic rings. The van der Waals surface area contributed by atoms with E-state index in [2.05, 4.69) is 23.5 Å². The van der Waals surface area contributed by atoms with E-state index in [1.165, 1.54) is 17.5 Å². The highest BCUT2D eigenvalue weighted by Gasteiger charge is 2.20. The molecule has 0 aliphatic heterocycles. The molecule has 0 heterocycles. The lowest BCUT2D eigenvalue weighted by atomic mass is 9.87. The smallest absolute Gasteiger partial charge is 0.120 e. The maximum absolute atomic E-state index is 5.33. The molecule has 3 heteroatoms. The third kappa shape index (κ3) is 2.97. The molecule has 110 valence electrons. The van der Waals surface area contributed by atoms with Crippen LogP contribution in [0.15, 0.2) is 42.5 Å². The number of anilines is 1. The van der Waals surface area contributed by atoms with E-state index in [0.29, 0.717) is 6.04 Å². The van der Waals surface area contributed by atoms with Crippen molar-refractivity contribution in [1.82, 2.24) is 0 Å². The number of ether oxygens (including phenoxy) is 2. The van der Waals surface area contributed by atoms with Gasteiger partial charge >= 0.3 is 0 Å². The van der Waals surface area contributed by atoms with Crippen LogP contribution in [-0.2, 0) is 6.42 Å². The number of aryl methyl sites for hydroxylation is 1. The number of methoxy groups -OCH3 is 2. The van der Waals surface area contributed by atoms with Crippen LogP contribution in [0.25, 0.3) is 0 Å². The first-order valence-electron chi connectivity index (χ1n) is 7.37. The van der Waals surface area contributed by atoms with Gasteiger partial charge in [0.1, 0.15) is 11.5 Å². The van der Waals surface area contributed by atoms with E-state index in [1.807, 2.05) is 24.3 Å². The number of rotatable bonds is 4. The lowest BCUT2D eigenvalue weighted by Crippen LogP contribution is -2.17. The Morgan fingerprint density at radius 3 is 2.62 bits per heavy atom. The Hall–Kier alpha value is -2.16. The molecule has 1 atom stereocenters. The van der Waals surface area contributed by atoms with Gasteiger partial charge in [-0.15, -0.1) is 0 Å². The van der Waals surface area contributed by atoms with Gasteiger partial charge in [-0.05, 0) is 54.7 Å². The van der Waals surface area contributed by atoms with E-state index >= 15 is 0 Å². The zero-order valence-corrected chi connectivity index (χ0v) is 12.6. The minimum absolute atomic E-state index is 0.353. The van der Waals surface area contributed by atoms with Crippen molar-refractivity contribution in [1.29, 1.82) is 0 Å². The molecule has 0 saturated carbocycles. The van der Waals surface area contributed by atoms with E-state index < -0.39 is 0 Å². The molecule has 0 aromatic heterocycles. The number of fused-ring (bicyclic) bond motifs is 1. The van der Waals surface area contributed by atoms with Gasteiger partial charge in [-0.3, -0.25) is 0 Å². The number of hydrogen-bond acceptors (Lipinski definition) is 3. The largest absolute Gasteiger partial charge is 0.497 e. The Balaban J connectivity index is 1.84. The second-order valence-electron chi connectivity index (χ2n) is 5.39. The second kappa shape index (κ2) is 6.08. The van der Waals surface area contributed by atoms with Crippen LogP contribution < -0.4 is 14.8 Å². The molecule has 1 aliphatic carbocycles. The molecule has 0 spiro atoms. The zero-order chi connectivity index (χ0) is 14.7. The summed E-state index contributed by atoms with van der Waals surface area (Å²) in [6.45, 7) is 0. The van der Waals surface area contributed by atoms with Crippen molar-refractivity contribution in [3.63, 3.8) is 0 Å². The van der Waals surface area contributed by atoms with Gasteiger partial charge in [-0.1, -0.05) is 12.1 Å². The van der Waals surface area contributed by atoms with Gasteiger partial charge in [0.25, 0.3) is 0 Å². The van der Waals surface area contributed by atoms with E-state index in [0.717, 1.165) is 30.0 Å². The summed E-state index contributed by atoms with van der Waals surface area (Å²) in [4.78, 5) is 0. The average Bonchev–Trinajstić information content (AvgIpc) is 2.55. The van der Waals surface area contributed by atoms with Crippen molar-refractivity contribution in [2.45, 2.75) is 25.3 Å². The SMILES string of the molecule is COc1cccc(NC2CCCc3cc(OC)ccc32)c1. The van der Waals surface area contributed by atoms with Crippen LogP contribution in [0.5, 0.6) is 11.5 Å². The van der Waals surface area contributed by atoms with Crippen LogP contribution in [-0.4, -0.2) is 14.2 Å². The molecule has 2 aromatic rings. The summed E-state index contributed by atoms with van der Waals surface area (Å²) in [5, 5.41) is 3.63. The lowest BCUT2D eigenvalue weighted by Gasteiger charge is -2.27. The first kappa shape index (κ1) is 13.8. The minimum atomic E-state index is 0.353. The van der Waals surface area contributed by atoms with Gasteiger partial charge in [0.15, 0.2) is 0 Å². The summed E-state index contributed by atoms with van der Waals surface area (Å²) >= 11 is 0. The topological polar surface area (TPSA) is 30.5 Å². The maximum Gasteiger partial charge on any atom is 0.120 e. The van der Waals surface area contributed by atoms with E-state index in [1.54, 1.807) is 14.2 Å². The van der Waals surface area contributed by atoms with Crippen molar-refractivity contribution < 1.29 is 9.47 Å². The van der Waals surface area contributed by atoms with Crippen LogP contribution >= 0.6 is 0 Å². The molecule has 1 N–H and O–H groups in total. The van der Waals surface area contributed by atoms with Gasteiger partial charge in [-0.25, -0.2) is 0 Å². The fourth-order valence-electron chi connectivity index (χ4n) is 2.98. The summed E-state index contributed by atoms with van der Waals surface area (Å²) in [5.74, 6) is 1.82. The quantitative estimate of drug-likeness (QED) is 0.912. The normalized spacial score (nSPS) is 17.0. The van der Waals surface area contributed by atoms with Gasteiger partial charge in [0.2, 0.25) is 0 Å². The molecular weight excluding hydrogens is 262 g/mol. The van der Waals surface area contributed by atoms with Gasteiger partial charge in [0.05, 0.1) is 20.3 Å². The van der Waals surface area contributed by atoms with Crippen molar-refractivity contribution in [2.75, 3.05) is 19.5 Å². The molecule has 0 bridgehead atoms. The zero-order valence-electron chi connectivity index (χ0n) is 12.6. The maximum atomic E-state index is 5.33. The van der Waals surface area contributed by atoms with Gasteiger partial charge in [-0.2, -0.15) is 0 Å². The van der Waals surface area contributed by atoms with E-state index in [9.17, 15) is 0 Å². The highest BCUT2D eigenvalue weighted by molar-refractivity contribution is 5.51. The number of nitrogens with one attached hydrogen (secondary N) is 1. The van der Waals surface area contributed by atoms with Crippen LogP contribution in [0, 0.1) is 0 Å². The number of benzene rings is 2. The molecule has 3 rings (SSSR count). The lowest BCUT2D eigenvalue weighted by molar-refractivity contribution is 0.413. The molecule has 0 saturated heterocycles. The Bertz CT molecular complexity index is 624. The molecule has 3 nitrogen and oxygen atoms in total. The van der Waals surface area contributed by atoms with E-state index in [-0.39, 0.29) is 0 Å². The van der Waals surface area contributed by atoms with Crippen molar-refractivity contribution >= 4 is 5.69 Å². The Morgan fingerprint density at radius 1 is 1.00 bits per heavy atom. The van der Waals surface area contributed by atoms with Crippen molar-refractivity contribution in [3.8, 4) is 11.5 Å². The van der Waals surface area contributed by atoms with Crippen LogP contribution in [0.4, 0.5) is 5.69 Å². The first-order chi connectivity index (χ1) is 10.3. The third-order valence-electron chi connectivity index (χ3n) is 4.08. The Labute approximate surface area is 125 Å². The summed E-state index contributed by atoms with van der Waals surface area (Å²) < 4.78 is 10.6. The molecule has 1 unspecified atom stereocenters. The van der Waals surface area contributed by atoms with Crippen LogP contribution in [0.1, 0.15) is 30.0 Å². The second-order valence-corrected chi connectivity index (χ2v) is 5.39. The predicted molar refractivity (Wildman–Crippen MR) is 85.3 cm³/mol. The summed E-state index contributed by atoms with van der Waals surface area (Å²) in [5.41, 5.74) is 3.87. The first-order valence-corrected chi connectivity index (χ1v) is 7.37. The fraction of sp³-hybridized carbons (Fsp3) is 0.333. The van der Waals surface area contributed by atoms with Crippen molar-refractivity contribution in [2.24, 2.45) is 0 Å². The van der Waals surface area contributed by atoms with Gasteiger partial charge in [0, 0.05) is 11.8 Å². The highest BCUT2D eigenvalue weighted by Crippen LogP contribution is 2.34. The van der Waals surface area contributed by atoms with E-state index in [4.69, 9.17) is 9.47 Å². The molecule has 0 fully saturated rings. The Morgan fingerprint density at radius 2 is 1.81 bits per heavy atom. The van der Waals surface area contributed by atoms with Crippen molar-refractivity contribution in [3.05, 3.63) is 53.6 Å². The molecule has 0 radical (unpaired) electrons. The highest BCUT2D eigenvalue weighted by atomic mass is 16.5. The van der Waals surface area contributed by atoms with Crippen LogP contribution in [0.2, 0.25) is 0 Å².